The SMILES string of the molecule is CNc1nnc(C(=O)NCCCN(C)C)s1. The highest BCUT2D eigenvalue weighted by atomic mass is 32.1. The Balaban J connectivity index is 2.29. The summed E-state index contributed by atoms with van der Waals surface area (Å²) in [6.07, 6.45) is 0.927. The molecule has 2 N–H and O–H groups in total. The Morgan fingerprint density at radius 3 is 2.75 bits per heavy atom. The van der Waals surface area contributed by atoms with Crippen molar-refractivity contribution in [2.24, 2.45) is 0 Å². The summed E-state index contributed by atoms with van der Waals surface area (Å²) in [5.74, 6) is -0.155. The van der Waals surface area contributed by atoms with Crippen molar-refractivity contribution < 1.29 is 4.79 Å². The summed E-state index contributed by atoms with van der Waals surface area (Å²) < 4.78 is 0. The van der Waals surface area contributed by atoms with Crippen LogP contribution < -0.4 is 10.6 Å². The van der Waals surface area contributed by atoms with E-state index in [1.54, 1.807) is 7.05 Å². The third-order valence-electron chi connectivity index (χ3n) is 1.90. The summed E-state index contributed by atoms with van der Waals surface area (Å²) in [6.45, 7) is 1.61. The van der Waals surface area contributed by atoms with Crippen molar-refractivity contribution >= 4 is 22.4 Å². The average molecular weight is 243 g/mol. The molecule has 1 amide bonds. The molecular formula is C9H17N5OS. The minimum atomic E-state index is -0.155. The molecule has 0 saturated carbocycles. The number of rotatable bonds is 6. The lowest BCUT2D eigenvalue weighted by Gasteiger charge is -2.08. The van der Waals surface area contributed by atoms with Crippen LogP contribution in [-0.2, 0) is 0 Å². The van der Waals surface area contributed by atoms with Crippen molar-refractivity contribution in [1.29, 1.82) is 0 Å². The third kappa shape index (κ3) is 4.11. The lowest BCUT2D eigenvalue weighted by atomic mass is 10.4. The highest BCUT2D eigenvalue weighted by Gasteiger charge is 2.11. The normalized spacial score (nSPS) is 10.5. The van der Waals surface area contributed by atoms with Crippen molar-refractivity contribution in [1.82, 2.24) is 20.4 Å². The Morgan fingerprint density at radius 1 is 1.44 bits per heavy atom. The van der Waals surface area contributed by atoms with Gasteiger partial charge in [-0.15, -0.1) is 10.2 Å². The first-order chi connectivity index (χ1) is 7.63. The number of carbonyl (C=O) groups is 1. The first-order valence-corrected chi connectivity index (χ1v) is 5.89. The lowest BCUT2D eigenvalue weighted by Crippen LogP contribution is -2.27. The van der Waals surface area contributed by atoms with Crippen molar-refractivity contribution in [3.8, 4) is 0 Å². The molecule has 16 heavy (non-hydrogen) atoms. The molecule has 7 heteroatoms. The average Bonchev–Trinajstić information content (AvgIpc) is 2.72. The third-order valence-corrected chi connectivity index (χ3v) is 2.84. The predicted molar refractivity (Wildman–Crippen MR) is 65.0 cm³/mol. The highest BCUT2D eigenvalue weighted by molar-refractivity contribution is 7.17. The molecule has 0 unspecified atom stereocenters. The van der Waals surface area contributed by atoms with E-state index in [0.29, 0.717) is 16.7 Å². The molecule has 1 rings (SSSR count). The second kappa shape index (κ2) is 6.39. The van der Waals surface area contributed by atoms with Crippen LogP contribution in [0.5, 0.6) is 0 Å². The van der Waals surface area contributed by atoms with Crippen LogP contribution in [0.3, 0.4) is 0 Å². The second-order valence-corrected chi connectivity index (χ2v) is 4.55. The Labute approximate surface area is 99.1 Å². The number of carbonyl (C=O) groups excluding carboxylic acids is 1. The van der Waals surface area contributed by atoms with E-state index in [-0.39, 0.29) is 5.91 Å². The largest absolute Gasteiger partial charge is 0.363 e. The molecule has 0 aliphatic rings. The number of amides is 1. The number of nitrogens with one attached hydrogen (secondary N) is 2. The van der Waals surface area contributed by atoms with Crippen molar-refractivity contribution in [3.63, 3.8) is 0 Å². The Morgan fingerprint density at radius 2 is 2.19 bits per heavy atom. The maximum atomic E-state index is 11.6. The Hall–Kier alpha value is -1.21. The molecule has 1 aromatic rings. The van der Waals surface area contributed by atoms with Gasteiger partial charge < -0.3 is 15.5 Å². The molecule has 1 heterocycles. The molecular weight excluding hydrogens is 226 g/mol. The minimum Gasteiger partial charge on any atom is -0.363 e. The molecule has 0 aliphatic heterocycles. The van der Waals surface area contributed by atoms with Gasteiger partial charge in [0.2, 0.25) is 10.1 Å². The van der Waals surface area contributed by atoms with Crippen LogP contribution >= 0.6 is 11.3 Å². The number of anilines is 1. The summed E-state index contributed by atoms with van der Waals surface area (Å²) in [5.41, 5.74) is 0. The molecule has 0 saturated heterocycles. The second-order valence-electron chi connectivity index (χ2n) is 3.58. The lowest BCUT2D eigenvalue weighted by molar-refractivity contribution is 0.0951. The summed E-state index contributed by atoms with van der Waals surface area (Å²) in [7, 11) is 5.76. The summed E-state index contributed by atoms with van der Waals surface area (Å²) >= 11 is 1.25. The maximum absolute atomic E-state index is 11.6. The zero-order valence-corrected chi connectivity index (χ0v) is 10.6. The number of aromatic nitrogens is 2. The summed E-state index contributed by atoms with van der Waals surface area (Å²) in [4.78, 5) is 13.7. The predicted octanol–water partition coefficient (Wildman–Crippen LogP) is 0.261. The van der Waals surface area contributed by atoms with E-state index in [1.165, 1.54) is 11.3 Å². The van der Waals surface area contributed by atoms with Crippen LogP contribution in [0.15, 0.2) is 0 Å². The van der Waals surface area contributed by atoms with Gasteiger partial charge in [-0.2, -0.15) is 0 Å². The van der Waals surface area contributed by atoms with E-state index in [2.05, 4.69) is 25.7 Å². The fraction of sp³-hybridized carbons (Fsp3) is 0.667. The van der Waals surface area contributed by atoms with E-state index in [1.807, 2.05) is 14.1 Å². The Kier molecular flexibility index (Phi) is 5.13. The molecule has 0 atom stereocenters. The van der Waals surface area contributed by atoms with Crippen LogP contribution in [-0.4, -0.2) is 55.2 Å². The van der Waals surface area contributed by atoms with Gasteiger partial charge in [0, 0.05) is 13.6 Å². The van der Waals surface area contributed by atoms with Crippen LogP contribution in [0.4, 0.5) is 5.13 Å². The standard InChI is InChI=1S/C9H17N5OS/c1-10-9-13-12-8(16-9)7(15)11-5-4-6-14(2)3/h4-6H2,1-3H3,(H,10,13)(H,11,15). The zero-order valence-electron chi connectivity index (χ0n) is 9.78. The molecule has 0 radical (unpaired) electrons. The van der Waals surface area contributed by atoms with Crippen LogP contribution in [0, 0.1) is 0 Å². The van der Waals surface area contributed by atoms with Crippen LogP contribution in [0.2, 0.25) is 0 Å². The van der Waals surface area contributed by atoms with Gasteiger partial charge in [-0.3, -0.25) is 4.79 Å². The van der Waals surface area contributed by atoms with Gasteiger partial charge in [0.15, 0.2) is 0 Å². The molecule has 0 fully saturated rings. The minimum absolute atomic E-state index is 0.155. The van der Waals surface area contributed by atoms with Crippen LogP contribution in [0.25, 0.3) is 0 Å². The number of hydrogen-bond donors (Lipinski definition) is 2. The van der Waals surface area contributed by atoms with Crippen molar-refractivity contribution in [2.45, 2.75) is 6.42 Å². The smallest absolute Gasteiger partial charge is 0.282 e. The molecule has 0 aliphatic carbocycles. The topological polar surface area (TPSA) is 70.1 Å². The summed E-state index contributed by atoms with van der Waals surface area (Å²) in [5, 5.41) is 14.3. The fourth-order valence-electron chi connectivity index (χ4n) is 1.09. The van der Waals surface area contributed by atoms with Gasteiger partial charge >= 0.3 is 0 Å². The van der Waals surface area contributed by atoms with E-state index < -0.39 is 0 Å². The van der Waals surface area contributed by atoms with Crippen molar-refractivity contribution in [3.05, 3.63) is 5.01 Å². The fourth-order valence-corrected chi connectivity index (χ4v) is 1.70. The maximum Gasteiger partial charge on any atom is 0.282 e. The number of hydrogen-bond acceptors (Lipinski definition) is 6. The van der Waals surface area contributed by atoms with Gasteiger partial charge in [-0.05, 0) is 27.1 Å². The van der Waals surface area contributed by atoms with Gasteiger partial charge in [-0.25, -0.2) is 0 Å². The molecule has 0 aromatic carbocycles. The molecule has 6 nitrogen and oxygen atoms in total. The van der Waals surface area contributed by atoms with Gasteiger partial charge in [0.25, 0.3) is 5.91 Å². The Bertz CT molecular complexity index is 338. The molecule has 0 bridgehead atoms. The van der Waals surface area contributed by atoms with E-state index in [9.17, 15) is 4.79 Å². The quantitative estimate of drug-likeness (QED) is 0.701. The first-order valence-electron chi connectivity index (χ1n) is 5.07. The van der Waals surface area contributed by atoms with E-state index in [0.717, 1.165) is 13.0 Å². The molecule has 1 aromatic heterocycles. The van der Waals surface area contributed by atoms with Gasteiger partial charge in [-0.1, -0.05) is 11.3 Å². The van der Waals surface area contributed by atoms with Crippen LogP contribution in [0.1, 0.15) is 16.2 Å². The summed E-state index contributed by atoms with van der Waals surface area (Å²) in [6, 6.07) is 0. The van der Waals surface area contributed by atoms with E-state index in [4.69, 9.17) is 0 Å². The monoisotopic (exact) mass is 243 g/mol. The van der Waals surface area contributed by atoms with Gasteiger partial charge in [0.05, 0.1) is 0 Å². The zero-order chi connectivity index (χ0) is 12.0. The van der Waals surface area contributed by atoms with Gasteiger partial charge in [0.1, 0.15) is 0 Å². The van der Waals surface area contributed by atoms with E-state index >= 15 is 0 Å². The molecule has 90 valence electrons. The highest BCUT2D eigenvalue weighted by Crippen LogP contribution is 2.13. The number of nitrogens with zero attached hydrogens (tertiary/aromatic N) is 3. The first kappa shape index (κ1) is 12.9. The molecule has 0 spiro atoms. The van der Waals surface area contributed by atoms with Crippen molar-refractivity contribution in [2.75, 3.05) is 39.5 Å².